The minimum absolute atomic E-state index is 0.200. The van der Waals surface area contributed by atoms with Crippen molar-refractivity contribution in [3.63, 3.8) is 0 Å². The van der Waals surface area contributed by atoms with Gasteiger partial charge in [0.25, 0.3) is 0 Å². The Balaban J connectivity index is 1.56. The number of carbonyl (C=O) groups is 1. The number of likely N-dealkylation sites (N-methyl/N-ethyl adjacent to an activating group) is 1. The van der Waals surface area contributed by atoms with Gasteiger partial charge < -0.3 is 9.47 Å². The zero-order valence-corrected chi connectivity index (χ0v) is 15.1. The number of aromatic nitrogens is 3. The summed E-state index contributed by atoms with van der Waals surface area (Å²) in [6, 6.07) is 3.96. The van der Waals surface area contributed by atoms with Crippen LogP contribution in [0.2, 0.25) is 0 Å². The molecular weight excluding hydrogens is 314 g/mol. The molecule has 2 aromatic rings. The van der Waals surface area contributed by atoms with Crippen LogP contribution in [0.4, 0.5) is 0 Å². The van der Waals surface area contributed by atoms with Crippen molar-refractivity contribution in [1.82, 2.24) is 24.3 Å². The fraction of sp³-hybridized carbons (Fsp3) is 0.526. The molecule has 3 heterocycles. The van der Waals surface area contributed by atoms with Crippen LogP contribution in [-0.4, -0.2) is 56.9 Å². The van der Waals surface area contributed by atoms with E-state index >= 15 is 0 Å². The predicted octanol–water partition coefficient (Wildman–Crippen LogP) is 2.14. The highest BCUT2D eigenvalue weighted by atomic mass is 16.2. The van der Waals surface area contributed by atoms with Crippen LogP contribution in [0, 0.1) is 0 Å². The largest absolute Gasteiger partial charge is 0.341 e. The first-order chi connectivity index (χ1) is 12.2. The van der Waals surface area contributed by atoms with Crippen molar-refractivity contribution in [2.75, 3.05) is 26.7 Å². The zero-order valence-electron chi connectivity index (χ0n) is 15.1. The summed E-state index contributed by atoms with van der Waals surface area (Å²) in [6.07, 6.45) is 9.65. The first-order valence-corrected chi connectivity index (χ1v) is 9.03. The Labute approximate surface area is 149 Å². The van der Waals surface area contributed by atoms with E-state index in [0.29, 0.717) is 12.5 Å². The molecule has 0 saturated carbocycles. The van der Waals surface area contributed by atoms with Crippen LogP contribution in [0.25, 0.3) is 0 Å². The average molecular weight is 341 g/mol. The maximum atomic E-state index is 12.7. The summed E-state index contributed by atoms with van der Waals surface area (Å²) in [7, 11) is 1.98. The molecule has 6 nitrogen and oxygen atoms in total. The Bertz CT molecular complexity index is 684. The lowest BCUT2D eigenvalue weighted by Gasteiger charge is -2.33. The van der Waals surface area contributed by atoms with Crippen molar-refractivity contribution in [3.05, 3.63) is 48.3 Å². The first-order valence-electron chi connectivity index (χ1n) is 9.03. The molecule has 0 aromatic carbocycles. The van der Waals surface area contributed by atoms with E-state index in [1.165, 1.54) is 0 Å². The van der Waals surface area contributed by atoms with Crippen molar-refractivity contribution in [2.45, 2.75) is 38.8 Å². The van der Waals surface area contributed by atoms with E-state index < -0.39 is 0 Å². The molecular formula is C19H27N5O. The number of hydrogen-bond donors (Lipinski definition) is 0. The van der Waals surface area contributed by atoms with Gasteiger partial charge in [0.15, 0.2) is 0 Å². The molecule has 25 heavy (non-hydrogen) atoms. The van der Waals surface area contributed by atoms with Gasteiger partial charge in [0.1, 0.15) is 5.82 Å². The van der Waals surface area contributed by atoms with Crippen molar-refractivity contribution in [1.29, 1.82) is 0 Å². The van der Waals surface area contributed by atoms with Crippen LogP contribution in [0.5, 0.6) is 0 Å². The summed E-state index contributed by atoms with van der Waals surface area (Å²) in [4.78, 5) is 25.4. The van der Waals surface area contributed by atoms with E-state index in [-0.39, 0.29) is 5.91 Å². The van der Waals surface area contributed by atoms with Gasteiger partial charge >= 0.3 is 0 Å². The van der Waals surface area contributed by atoms with Crippen molar-refractivity contribution >= 4 is 5.91 Å². The van der Waals surface area contributed by atoms with Gasteiger partial charge in [0, 0.05) is 56.9 Å². The number of rotatable bonds is 6. The van der Waals surface area contributed by atoms with E-state index in [1.807, 2.05) is 42.7 Å². The van der Waals surface area contributed by atoms with Crippen LogP contribution in [0.1, 0.15) is 37.1 Å². The lowest BCUT2D eigenvalue weighted by atomic mass is 9.97. The van der Waals surface area contributed by atoms with E-state index in [0.717, 1.165) is 50.4 Å². The van der Waals surface area contributed by atoms with Crippen LogP contribution in [0.3, 0.4) is 0 Å². The molecule has 0 radical (unpaired) electrons. The normalized spacial score (nSPS) is 17.9. The van der Waals surface area contributed by atoms with Crippen molar-refractivity contribution < 1.29 is 4.79 Å². The molecule has 0 N–H and O–H groups in total. The SMILES string of the molecule is CCn1ccnc1[C@H]1CCCN(C(=O)CN(C)Cc2cccnc2)C1. The maximum Gasteiger partial charge on any atom is 0.236 e. The second-order valence-corrected chi connectivity index (χ2v) is 6.78. The summed E-state index contributed by atoms with van der Waals surface area (Å²) in [6.45, 7) is 5.85. The number of imidazole rings is 1. The molecule has 1 aliphatic rings. The van der Waals surface area contributed by atoms with Crippen molar-refractivity contribution in [3.8, 4) is 0 Å². The smallest absolute Gasteiger partial charge is 0.236 e. The highest BCUT2D eigenvalue weighted by Gasteiger charge is 2.27. The maximum absolute atomic E-state index is 12.7. The van der Waals surface area contributed by atoms with E-state index in [2.05, 4.69) is 26.4 Å². The molecule has 1 aliphatic heterocycles. The molecule has 0 bridgehead atoms. The molecule has 1 atom stereocenters. The van der Waals surface area contributed by atoms with Crippen molar-refractivity contribution in [2.24, 2.45) is 0 Å². The van der Waals surface area contributed by atoms with Gasteiger partial charge in [-0.3, -0.25) is 14.7 Å². The monoisotopic (exact) mass is 341 g/mol. The third-order valence-corrected chi connectivity index (χ3v) is 4.81. The molecule has 1 amide bonds. The van der Waals surface area contributed by atoms with Gasteiger partial charge in [-0.15, -0.1) is 0 Å². The van der Waals surface area contributed by atoms with Gasteiger partial charge in [-0.05, 0) is 38.4 Å². The Kier molecular flexibility index (Phi) is 5.81. The van der Waals surface area contributed by atoms with E-state index in [9.17, 15) is 4.79 Å². The summed E-state index contributed by atoms with van der Waals surface area (Å²) < 4.78 is 2.19. The number of likely N-dealkylation sites (tertiary alicyclic amines) is 1. The molecule has 2 aromatic heterocycles. The lowest BCUT2D eigenvalue weighted by molar-refractivity contribution is -0.133. The Morgan fingerprint density at radius 3 is 3.04 bits per heavy atom. The minimum Gasteiger partial charge on any atom is -0.341 e. The van der Waals surface area contributed by atoms with Gasteiger partial charge in [-0.2, -0.15) is 0 Å². The molecule has 0 aliphatic carbocycles. The van der Waals surface area contributed by atoms with Gasteiger partial charge in [0.2, 0.25) is 5.91 Å². The molecule has 6 heteroatoms. The van der Waals surface area contributed by atoms with Gasteiger partial charge in [-0.25, -0.2) is 4.98 Å². The topological polar surface area (TPSA) is 54.3 Å². The highest BCUT2D eigenvalue weighted by Crippen LogP contribution is 2.26. The third-order valence-electron chi connectivity index (χ3n) is 4.81. The number of carbonyl (C=O) groups excluding carboxylic acids is 1. The van der Waals surface area contributed by atoms with Crippen LogP contribution < -0.4 is 0 Å². The average Bonchev–Trinajstić information content (AvgIpc) is 3.11. The standard InChI is InChI=1S/C19H27N5O/c1-3-23-11-9-21-19(23)17-7-5-10-24(14-17)18(25)15-22(2)13-16-6-4-8-20-12-16/h4,6,8-9,11-12,17H,3,5,7,10,13-15H2,1-2H3/t17-/m0/s1. The number of amides is 1. The lowest BCUT2D eigenvalue weighted by Crippen LogP contribution is -2.44. The molecule has 1 saturated heterocycles. The molecule has 134 valence electrons. The number of aryl methyl sites for hydroxylation is 1. The number of piperidine rings is 1. The first kappa shape index (κ1) is 17.6. The quantitative estimate of drug-likeness (QED) is 0.808. The van der Waals surface area contributed by atoms with E-state index in [1.54, 1.807) is 6.20 Å². The summed E-state index contributed by atoms with van der Waals surface area (Å²) in [5, 5.41) is 0. The summed E-state index contributed by atoms with van der Waals surface area (Å²) in [5.41, 5.74) is 1.12. The van der Waals surface area contributed by atoms with Crippen LogP contribution in [0.15, 0.2) is 36.9 Å². The van der Waals surface area contributed by atoms with Gasteiger partial charge in [-0.1, -0.05) is 6.07 Å². The number of hydrogen-bond acceptors (Lipinski definition) is 4. The Morgan fingerprint density at radius 1 is 1.40 bits per heavy atom. The zero-order chi connectivity index (χ0) is 17.6. The Hall–Kier alpha value is -2.21. The number of pyridine rings is 1. The summed E-state index contributed by atoms with van der Waals surface area (Å²) >= 11 is 0. The predicted molar refractivity (Wildman–Crippen MR) is 97.0 cm³/mol. The second kappa shape index (κ2) is 8.25. The molecule has 0 spiro atoms. The summed E-state index contributed by atoms with van der Waals surface area (Å²) in [5.74, 6) is 1.66. The molecule has 1 fully saturated rings. The number of nitrogens with zero attached hydrogens (tertiary/aromatic N) is 5. The molecule has 0 unspecified atom stereocenters. The van der Waals surface area contributed by atoms with E-state index in [4.69, 9.17) is 0 Å². The molecule has 3 rings (SSSR count). The van der Waals surface area contributed by atoms with Gasteiger partial charge in [0.05, 0.1) is 6.54 Å². The highest BCUT2D eigenvalue weighted by molar-refractivity contribution is 5.78. The fourth-order valence-corrected chi connectivity index (χ4v) is 3.55. The van der Waals surface area contributed by atoms with Crippen LogP contribution >= 0.6 is 0 Å². The Morgan fingerprint density at radius 2 is 2.28 bits per heavy atom. The minimum atomic E-state index is 0.200. The third kappa shape index (κ3) is 4.45. The van der Waals surface area contributed by atoms with Crippen LogP contribution in [-0.2, 0) is 17.9 Å². The second-order valence-electron chi connectivity index (χ2n) is 6.78. The fourth-order valence-electron chi connectivity index (χ4n) is 3.55.